The average molecular weight is 232 g/mol. The first-order valence-electron chi connectivity index (χ1n) is 3.78. The first-order valence-corrected chi connectivity index (χ1v) is 4.57. The van der Waals surface area contributed by atoms with Crippen LogP contribution in [0.4, 0.5) is 5.69 Å². The van der Waals surface area contributed by atoms with Crippen LogP contribution in [0.15, 0.2) is 18.2 Å². The molecule has 0 bridgehead atoms. The molecule has 6 heteroatoms. The van der Waals surface area contributed by atoms with Crippen LogP contribution >= 0.6 is 23.8 Å². The third kappa shape index (κ3) is 2.73. The molecule has 4 nitrogen and oxygen atoms in total. The fourth-order valence-electron chi connectivity index (χ4n) is 0.927. The Morgan fingerprint density at radius 3 is 2.86 bits per heavy atom. The van der Waals surface area contributed by atoms with Gasteiger partial charge in [-0.1, -0.05) is 11.6 Å². The summed E-state index contributed by atoms with van der Waals surface area (Å²) in [6.45, 7) is 0. The molecule has 0 atom stereocenters. The van der Waals surface area contributed by atoms with Gasteiger partial charge in [-0.3, -0.25) is 0 Å². The number of nitrogens with one attached hydrogen (secondary N) is 2. The van der Waals surface area contributed by atoms with Gasteiger partial charge in [0.2, 0.25) is 0 Å². The van der Waals surface area contributed by atoms with E-state index in [0.717, 1.165) is 0 Å². The van der Waals surface area contributed by atoms with Gasteiger partial charge in [0.05, 0.1) is 12.8 Å². The number of thiocarbonyl (C=S) groups is 1. The Kier molecular flexibility index (Phi) is 3.94. The number of rotatable bonds is 2. The summed E-state index contributed by atoms with van der Waals surface area (Å²) >= 11 is 10.6. The van der Waals surface area contributed by atoms with Gasteiger partial charge in [0, 0.05) is 11.1 Å². The van der Waals surface area contributed by atoms with E-state index in [0.29, 0.717) is 21.6 Å². The molecule has 0 aliphatic carbocycles. The molecule has 0 heterocycles. The van der Waals surface area contributed by atoms with Gasteiger partial charge in [-0.05, 0) is 24.4 Å². The third-order valence-corrected chi connectivity index (χ3v) is 2.00. The van der Waals surface area contributed by atoms with Crippen molar-refractivity contribution < 1.29 is 4.74 Å². The number of benzene rings is 1. The highest BCUT2D eigenvalue weighted by Crippen LogP contribution is 2.27. The highest BCUT2D eigenvalue weighted by atomic mass is 35.5. The molecule has 0 radical (unpaired) electrons. The molecule has 0 unspecified atom stereocenters. The lowest BCUT2D eigenvalue weighted by Gasteiger charge is -2.11. The number of ether oxygens (including phenoxy) is 1. The molecule has 4 N–H and O–H groups in total. The van der Waals surface area contributed by atoms with Crippen LogP contribution in [0, 0.1) is 0 Å². The molecule has 76 valence electrons. The van der Waals surface area contributed by atoms with Crippen LogP contribution in [-0.2, 0) is 0 Å². The summed E-state index contributed by atoms with van der Waals surface area (Å²) in [7, 11) is 1.55. The second kappa shape index (κ2) is 4.99. The second-order valence-corrected chi connectivity index (χ2v) is 3.29. The van der Waals surface area contributed by atoms with Crippen LogP contribution in [-0.4, -0.2) is 12.2 Å². The van der Waals surface area contributed by atoms with E-state index in [-0.39, 0.29) is 0 Å². The Balaban J connectivity index is 2.90. The smallest absolute Gasteiger partial charge is 0.185 e. The summed E-state index contributed by atoms with van der Waals surface area (Å²) < 4.78 is 5.10. The first-order chi connectivity index (χ1) is 6.67. The summed E-state index contributed by atoms with van der Waals surface area (Å²) in [5.74, 6) is 5.73. The van der Waals surface area contributed by atoms with Gasteiger partial charge < -0.3 is 15.5 Å². The van der Waals surface area contributed by atoms with Gasteiger partial charge in [0.1, 0.15) is 5.75 Å². The average Bonchev–Trinajstić information content (AvgIpc) is 2.20. The maximum atomic E-state index is 5.79. The molecule has 14 heavy (non-hydrogen) atoms. The molecule has 0 aliphatic rings. The van der Waals surface area contributed by atoms with Crippen molar-refractivity contribution in [2.45, 2.75) is 0 Å². The minimum atomic E-state index is 0.311. The molecule has 0 aromatic heterocycles. The Hall–Kier alpha value is -1.04. The summed E-state index contributed by atoms with van der Waals surface area (Å²) in [6.07, 6.45) is 0. The number of methoxy groups -OCH3 is 1. The van der Waals surface area contributed by atoms with Crippen molar-refractivity contribution in [1.82, 2.24) is 5.43 Å². The van der Waals surface area contributed by atoms with Gasteiger partial charge in [0.25, 0.3) is 0 Å². The SMILES string of the molecule is COc1cc(Cl)ccc1NC(=S)NN. The molecule has 1 aromatic rings. The van der Waals surface area contributed by atoms with Crippen molar-refractivity contribution in [2.24, 2.45) is 5.84 Å². The van der Waals surface area contributed by atoms with E-state index < -0.39 is 0 Å². The number of hydrazine groups is 1. The van der Waals surface area contributed by atoms with E-state index >= 15 is 0 Å². The fraction of sp³-hybridized carbons (Fsp3) is 0.125. The summed E-state index contributed by atoms with van der Waals surface area (Å²) in [6, 6.07) is 5.17. The molecular formula is C8H10ClN3OS. The van der Waals surface area contributed by atoms with Crippen molar-refractivity contribution in [2.75, 3.05) is 12.4 Å². The predicted octanol–water partition coefficient (Wildman–Crippen LogP) is 1.51. The van der Waals surface area contributed by atoms with Crippen LogP contribution in [0.25, 0.3) is 0 Å². The van der Waals surface area contributed by atoms with Crippen LogP contribution in [0.5, 0.6) is 5.75 Å². The monoisotopic (exact) mass is 231 g/mol. The third-order valence-electron chi connectivity index (χ3n) is 1.54. The highest BCUT2D eigenvalue weighted by Gasteiger charge is 2.04. The van der Waals surface area contributed by atoms with E-state index in [1.165, 1.54) is 0 Å². The lowest BCUT2D eigenvalue weighted by Crippen LogP contribution is -2.34. The Morgan fingerprint density at radius 2 is 2.29 bits per heavy atom. The molecule has 0 amide bonds. The van der Waals surface area contributed by atoms with E-state index in [2.05, 4.69) is 10.7 Å². The minimum absolute atomic E-state index is 0.311. The molecule has 0 saturated carbocycles. The Bertz CT molecular complexity index is 345. The lowest BCUT2D eigenvalue weighted by atomic mass is 10.3. The molecular weight excluding hydrogens is 222 g/mol. The zero-order valence-electron chi connectivity index (χ0n) is 7.50. The van der Waals surface area contributed by atoms with E-state index in [1.807, 2.05) is 0 Å². The number of nitrogens with two attached hydrogens (primary N) is 1. The van der Waals surface area contributed by atoms with Gasteiger partial charge >= 0.3 is 0 Å². The van der Waals surface area contributed by atoms with Crippen molar-refractivity contribution in [3.63, 3.8) is 0 Å². The number of halogens is 1. The predicted molar refractivity (Wildman–Crippen MR) is 61.5 cm³/mol. The highest BCUT2D eigenvalue weighted by molar-refractivity contribution is 7.80. The fourth-order valence-corrected chi connectivity index (χ4v) is 1.20. The molecule has 1 rings (SSSR count). The minimum Gasteiger partial charge on any atom is -0.495 e. The van der Waals surface area contributed by atoms with Gasteiger partial charge in [-0.2, -0.15) is 0 Å². The quantitative estimate of drug-likeness (QED) is 0.409. The maximum Gasteiger partial charge on any atom is 0.185 e. The summed E-state index contributed by atoms with van der Waals surface area (Å²) in [5.41, 5.74) is 3.02. The van der Waals surface area contributed by atoms with Gasteiger partial charge in [-0.25, -0.2) is 5.84 Å². The van der Waals surface area contributed by atoms with Crippen molar-refractivity contribution in [3.8, 4) is 5.75 Å². The van der Waals surface area contributed by atoms with E-state index in [1.54, 1.807) is 25.3 Å². The molecule has 0 fully saturated rings. The standard InChI is InChI=1S/C8H10ClN3OS/c1-13-7-4-5(9)2-3-6(7)11-8(14)12-10/h2-4H,10H2,1H3,(H2,11,12,14). The number of anilines is 1. The van der Waals surface area contributed by atoms with Gasteiger partial charge in [0.15, 0.2) is 5.11 Å². The topological polar surface area (TPSA) is 59.3 Å². The molecule has 0 saturated heterocycles. The summed E-state index contributed by atoms with van der Waals surface area (Å²) in [4.78, 5) is 0. The first kappa shape index (κ1) is 11.0. The Labute approximate surface area is 92.3 Å². The summed E-state index contributed by atoms with van der Waals surface area (Å²) in [5, 5.41) is 3.76. The van der Waals surface area contributed by atoms with E-state index in [4.69, 9.17) is 34.4 Å². The lowest BCUT2D eigenvalue weighted by molar-refractivity contribution is 0.417. The van der Waals surface area contributed by atoms with E-state index in [9.17, 15) is 0 Å². The Morgan fingerprint density at radius 1 is 1.57 bits per heavy atom. The van der Waals surface area contributed by atoms with Crippen LogP contribution in [0.3, 0.4) is 0 Å². The largest absolute Gasteiger partial charge is 0.495 e. The van der Waals surface area contributed by atoms with Gasteiger partial charge in [-0.15, -0.1) is 0 Å². The van der Waals surface area contributed by atoms with Crippen LogP contribution < -0.4 is 21.3 Å². The molecule has 0 aliphatic heterocycles. The molecule has 1 aromatic carbocycles. The van der Waals surface area contributed by atoms with Crippen molar-refractivity contribution in [1.29, 1.82) is 0 Å². The molecule has 0 spiro atoms. The zero-order valence-corrected chi connectivity index (χ0v) is 9.08. The second-order valence-electron chi connectivity index (χ2n) is 2.44. The number of hydrogen-bond donors (Lipinski definition) is 3. The zero-order chi connectivity index (χ0) is 10.6. The maximum absolute atomic E-state index is 5.79. The normalized spacial score (nSPS) is 9.36. The van der Waals surface area contributed by atoms with Crippen LogP contribution in [0.1, 0.15) is 0 Å². The van der Waals surface area contributed by atoms with Crippen molar-refractivity contribution >= 4 is 34.6 Å². The van der Waals surface area contributed by atoms with Crippen LogP contribution in [0.2, 0.25) is 5.02 Å². The number of hydrogen-bond acceptors (Lipinski definition) is 3. The van der Waals surface area contributed by atoms with Crippen molar-refractivity contribution in [3.05, 3.63) is 23.2 Å².